The van der Waals surface area contributed by atoms with Gasteiger partial charge < -0.3 is 23.7 Å². The Kier molecular flexibility index (Phi) is 7.32. The lowest BCUT2D eigenvalue weighted by Gasteiger charge is -2.10. The molecule has 2 aromatic rings. The number of carbonyl (C=O) groups excluding carboxylic acids is 1. The van der Waals surface area contributed by atoms with E-state index in [4.69, 9.17) is 18.6 Å². The topological polar surface area (TPSA) is 95.2 Å². The smallest absolute Gasteiger partial charge is 0.383 e. The van der Waals surface area contributed by atoms with Gasteiger partial charge in [0.15, 0.2) is 5.75 Å². The van der Waals surface area contributed by atoms with Gasteiger partial charge in [0, 0.05) is 6.92 Å². The van der Waals surface area contributed by atoms with Crippen molar-refractivity contribution in [1.29, 1.82) is 0 Å². The molecule has 0 aliphatic rings. The van der Waals surface area contributed by atoms with Crippen LogP contribution >= 0.6 is 0 Å². The van der Waals surface area contributed by atoms with Crippen molar-refractivity contribution in [2.75, 3.05) is 19.8 Å². The normalized spacial score (nSPS) is 10.7. The van der Waals surface area contributed by atoms with E-state index in [-0.39, 0.29) is 23.1 Å². The van der Waals surface area contributed by atoms with Crippen molar-refractivity contribution in [3.8, 4) is 17.2 Å². The van der Waals surface area contributed by atoms with Crippen molar-refractivity contribution in [1.82, 2.24) is 0 Å². The van der Waals surface area contributed by atoms with Gasteiger partial charge in [-0.05, 0) is 37.5 Å². The minimum atomic E-state index is -0.703. The summed E-state index contributed by atoms with van der Waals surface area (Å²) in [5.74, 6) is -0.180. The van der Waals surface area contributed by atoms with E-state index in [0.717, 1.165) is 12.8 Å². The third kappa shape index (κ3) is 5.40. The van der Waals surface area contributed by atoms with E-state index < -0.39 is 5.63 Å². The fourth-order valence-electron chi connectivity index (χ4n) is 2.29. The molecule has 0 amide bonds. The van der Waals surface area contributed by atoms with Crippen LogP contribution < -0.4 is 15.1 Å². The lowest BCUT2D eigenvalue weighted by molar-refractivity contribution is -0.141. The Labute approximate surface area is 151 Å². The fourth-order valence-corrected chi connectivity index (χ4v) is 2.29. The maximum Gasteiger partial charge on any atom is 0.383 e. The molecule has 1 N–H and O–H groups in total. The van der Waals surface area contributed by atoms with E-state index in [1.807, 2.05) is 6.92 Å². The van der Waals surface area contributed by atoms with Crippen molar-refractivity contribution >= 4 is 16.9 Å². The van der Waals surface area contributed by atoms with E-state index in [9.17, 15) is 14.7 Å². The van der Waals surface area contributed by atoms with E-state index in [1.54, 1.807) is 18.2 Å². The number of fused-ring (bicyclic) bond motifs is 1. The number of aromatic hydroxyl groups is 1. The highest BCUT2D eigenvalue weighted by molar-refractivity contribution is 5.86. The first-order valence-electron chi connectivity index (χ1n) is 8.71. The lowest BCUT2D eigenvalue weighted by atomic mass is 10.2. The van der Waals surface area contributed by atoms with Gasteiger partial charge in [-0.3, -0.25) is 4.79 Å². The summed E-state index contributed by atoms with van der Waals surface area (Å²) in [6.07, 6.45) is 3.10. The Bertz CT molecular complexity index is 794. The quantitative estimate of drug-likeness (QED) is 0.392. The number of unbranched alkanes of at least 4 members (excludes halogenated alkanes) is 2. The average molecular weight is 364 g/mol. The summed E-state index contributed by atoms with van der Waals surface area (Å²) in [6, 6.07) is 4.83. The molecule has 1 aromatic heterocycles. The summed E-state index contributed by atoms with van der Waals surface area (Å²) in [5, 5.41) is 10.7. The van der Waals surface area contributed by atoms with Crippen LogP contribution in [0.25, 0.3) is 11.0 Å². The summed E-state index contributed by atoms with van der Waals surface area (Å²) in [6.45, 7) is 4.50. The largest absolute Gasteiger partial charge is 0.504 e. The molecule has 0 saturated carbocycles. The SMILES string of the molecule is CCCCOc1c(O)c2cc(OCCCCOC(C)=O)ccc2oc1=O. The average Bonchev–Trinajstić information content (AvgIpc) is 2.61. The number of hydrogen-bond acceptors (Lipinski definition) is 7. The van der Waals surface area contributed by atoms with Crippen LogP contribution in [0.3, 0.4) is 0 Å². The van der Waals surface area contributed by atoms with Crippen molar-refractivity contribution in [2.24, 2.45) is 0 Å². The first kappa shape index (κ1) is 19.6. The minimum absolute atomic E-state index is 0.176. The van der Waals surface area contributed by atoms with E-state index in [0.29, 0.717) is 43.8 Å². The van der Waals surface area contributed by atoms with Crippen molar-refractivity contribution in [3.63, 3.8) is 0 Å². The van der Waals surface area contributed by atoms with Crippen LogP contribution in [0.1, 0.15) is 39.5 Å². The first-order valence-corrected chi connectivity index (χ1v) is 8.71. The summed E-state index contributed by atoms with van der Waals surface area (Å²) < 4.78 is 21.0. The Balaban J connectivity index is 2.04. The lowest BCUT2D eigenvalue weighted by Crippen LogP contribution is -2.08. The highest BCUT2D eigenvalue weighted by Gasteiger charge is 2.16. The van der Waals surface area contributed by atoms with Gasteiger partial charge in [0.25, 0.3) is 0 Å². The fraction of sp³-hybridized carbons (Fsp3) is 0.474. The van der Waals surface area contributed by atoms with Crippen LogP contribution in [-0.2, 0) is 9.53 Å². The molecule has 0 radical (unpaired) electrons. The van der Waals surface area contributed by atoms with Crippen molar-refractivity contribution in [2.45, 2.75) is 39.5 Å². The molecular formula is C19H24O7. The molecule has 7 heteroatoms. The van der Waals surface area contributed by atoms with Crippen LogP contribution in [0.2, 0.25) is 0 Å². The summed E-state index contributed by atoms with van der Waals surface area (Å²) in [7, 11) is 0. The van der Waals surface area contributed by atoms with Crippen LogP contribution in [0.15, 0.2) is 27.4 Å². The second-order valence-corrected chi connectivity index (χ2v) is 5.82. The molecule has 26 heavy (non-hydrogen) atoms. The second-order valence-electron chi connectivity index (χ2n) is 5.82. The summed E-state index contributed by atoms with van der Waals surface area (Å²) in [4.78, 5) is 22.6. The zero-order valence-corrected chi connectivity index (χ0v) is 15.1. The van der Waals surface area contributed by atoms with Crippen molar-refractivity contribution < 1.29 is 28.5 Å². The maximum atomic E-state index is 11.9. The van der Waals surface area contributed by atoms with Gasteiger partial charge in [-0.25, -0.2) is 4.79 Å². The number of ether oxygens (including phenoxy) is 3. The molecular weight excluding hydrogens is 340 g/mol. The van der Waals surface area contributed by atoms with Crippen LogP contribution in [-0.4, -0.2) is 30.9 Å². The van der Waals surface area contributed by atoms with Gasteiger partial charge in [0.2, 0.25) is 5.75 Å². The van der Waals surface area contributed by atoms with Gasteiger partial charge in [0.1, 0.15) is 11.3 Å². The van der Waals surface area contributed by atoms with Gasteiger partial charge in [-0.1, -0.05) is 13.3 Å². The molecule has 0 spiro atoms. The zero-order chi connectivity index (χ0) is 18.9. The zero-order valence-electron chi connectivity index (χ0n) is 15.1. The molecule has 0 bridgehead atoms. The van der Waals surface area contributed by atoms with Gasteiger partial charge in [-0.2, -0.15) is 0 Å². The maximum absolute atomic E-state index is 11.9. The van der Waals surface area contributed by atoms with E-state index >= 15 is 0 Å². The molecule has 0 atom stereocenters. The monoisotopic (exact) mass is 364 g/mol. The molecule has 2 rings (SSSR count). The number of benzene rings is 1. The number of carbonyl (C=O) groups is 1. The highest BCUT2D eigenvalue weighted by atomic mass is 16.5. The molecule has 0 aliphatic carbocycles. The molecule has 0 unspecified atom stereocenters. The highest BCUT2D eigenvalue weighted by Crippen LogP contribution is 2.33. The predicted molar refractivity (Wildman–Crippen MR) is 95.9 cm³/mol. The van der Waals surface area contributed by atoms with Gasteiger partial charge >= 0.3 is 11.6 Å². The second kappa shape index (κ2) is 9.70. The van der Waals surface area contributed by atoms with Gasteiger partial charge in [-0.15, -0.1) is 0 Å². The summed E-state index contributed by atoms with van der Waals surface area (Å²) in [5.41, 5.74) is -0.442. The first-order chi connectivity index (χ1) is 12.5. The van der Waals surface area contributed by atoms with Crippen LogP contribution in [0.5, 0.6) is 17.2 Å². The Morgan fingerprint density at radius 2 is 1.85 bits per heavy atom. The van der Waals surface area contributed by atoms with Crippen LogP contribution in [0, 0.1) is 0 Å². The predicted octanol–water partition coefficient (Wildman–Crippen LogP) is 3.40. The Hall–Kier alpha value is -2.70. The molecule has 0 fully saturated rings. The van der Waals surface area contributed by atoms with Gasteiger partial charge in [0.05, 0.1) is 25.2 Å². The Morgan fingerprint density at radius 1 is 1.12 bits per heavy atom. The molecule has 142 valence electrons. The van der Waals surface area contributed by atoms with Crippen LogP contribution in [0.4, 0.5) is 0 Å². The standard InChI is InChI=1S/C19H24O7/c1-3-4-9-25-18-17(21)15-12-14(7-8-16(15)26-19(18)22)24-11-6-5-10-23-13(2)20/h7-8,12,21H,3-6,9-11H2,1-2H3. The van der Waals surface area contributed by atoms with E-state index in [2.05, 4.69) is 0 Å². The third-order valence-corrected chi connectivity index (χ3v) is 3.67. The summed E-state index contributed by atoms with van der Waals surface area (Å²) >= 11 is 0. The minimum Gasteiger partial charge on any atom is -0.504 e. The molecule has 7 nitrogen and oxygen atoms in total. The number of rotatable bonds is 10. The number of hydrogen-bond donors (Lipinski definition) is 1. The number of esters is 1. The molecule has 0 aliphatic heterocycles. The molecule has 1 heterocycles. The molecule has 0 saturated heterocycles. The van der Waals surface area contributed by atoms with Crippen molar-refractivity contribution in [3.05, 3.63) is 28.6 Å². The third-order valence-electron chi connectivity index (χ3n) is 3.67. The Morgan fingerprint density at radius 3 is 2.58 bits per heavy atom. The van der Waals surface area contributed by atoms with E-state index in [1.165, 1.54) is 6.92 Å². The molecule has 1 aromatic carbocycles.